The smallest absolute Gasteiger partial charge is 0.291 e. The van der Waals surface area contributed by atoms with Crippen LogP contribution in [-0.4, -0.2) is 70.9 Å². The fourth-order valence-electron chi connectivity index (χ4n) is 5.85. The Hall–Kier alpha value is -3.38. The van der Waals surface area contributed by atoms with E-state index in [0.717, 1.165) is 76.3 Å². The molecule has 2 aliphatic heterocycles. The molecule has 2 amide bonds. The number of hydrogen-bond donors (Lipinski definition) is 2. The van der Waals surface area contributed by atoms with E-state index in [4.69, 9.17) is 5.26 Å². The fraction of sp³-hybridized carbons (Fsp3) is 0.571. The van der Waals surface area contributed by atoms with E-state index in [1.165, 1.54) is 11.8 Å². The number of rotatable bonds is 7. The van der Waals surface area contributed by atoms with Crippen LogP contribution in [0, 0.1) is 17.2 Å². The van der Waals surface area contributed by atoms with E-state index in [1.807, 2.05) is 17.0 Å². The van der Waals surface area contributed by atoms with Crippen LogP contribution in [0.3, 0.4) is 0 Å². The first-order valence-electron chi connectivity index (χ1n) is 13.5. The van der Waals surface area contributed by atoms with Crippen molar-refractivity contribution in [2.75, 3.05) is 49.5 Å². The van der Waals surface area contributed by atoms with Gasteiger partial charge in [-0.1, -0.05) is 26.8 Å². The standard InChI is InChI=1S/C28H39N7O2/c1-5-28(6-2,35-15-13-33(14-16-35)21(4)36)22-7-8-24(25(17-22)34-11-9-20(3)10-12-34)32-27(37)26-30-19-23(18-29)31-26/h7-8,17,19-20H,5-6,9-16H2,1-4H3,(H,30,31)(H,32,37). The van der Waals surface area contributed by atoms with Crippen LogP contribution in [-0.2, 0) is 10.3 Å². The quantitative estimate of drug-likeness (QED) is 0.590. The van der Waals surface area contributed by atoms with Crippen LogP contribution in [0.25, 0.3) is 0 Å². The van der Waals surface area contributed by atoms with E-state index in [1.54, 1.807) is 6.92 Å². The van der Waals surface area contributed by atoms with Crippen molar-refractivity contribution in [2.45, 2.75) is 58.9 Å². The minimum absolute atomic E-state index is 0.124. The molecule has 198 valence electrons. The maximum atomic E-state index is 13.0. The molecule has 2 aromatic rings. The molecule has 9 heteroatoms. The maximum absolute atomic E-state index is 13.0. The SMILES string of the molecule is CCC(CC)(c1ccc(NC(=O)c2nc(C#N)c[nH]2)c(N2CCC(C)CC2)c1)N1CCN(C(C)=O)CC1. The predicted molar refractivity (Wildman–Crippen MR) is 144 cm³/mol. The van der Waals surface area contributed by atoms with Crippen LogP contribution in [0.15, 0.2) is 24.4 Å². The molecule has 0 bridgehead atoms. The number of benzene rings is 1. The third-order valence-electron chi connectivity index (χ3n) is 8.32. The van der Waals surface area contributed by atoms with E-state index < -0.39 is 0 Å². The van der Waals surface area contributed by atoms with Crippen LogP contribution in [0.4, 0.5) is 11.4 Å². The van der Waals surface area contributed by atoms with Crippen molar-refractivity contribution in [3.63, 3.8) is 0 Å². The number of carbonyl (C=O) groups excluding carboxylic acids is 2. The number of imidazole rings is 1. The normalized spacial score (nSPS) is 17.5. The molecule has 2 saturated heterocycles. The Morgan fingerprint density at radius 1 is 1.14 bits per heavy atom. The van der Waals surface area contributed by atoms with Crippen LogP contribution in [0.2, 0.25) is 0 Å². The van der Waals surface area contributed by atoms with Gasteiger partial charge in [-0.3, -0.25) is 14.5 Å². The zero-order valence-corrected chi connectivity index (χ0v) is 22.5. The number of piperidine rings is 1. The molecular formula is C28H39N7O2. The van der Waals surface area contributed by atoms with Gasteiger partial charge in [-0.15, -0.1) is 0 Å². The number of anilines is 2. The zero-order chi connectivity index (χ0) is 26.6. The Kier molecular flexibility index (Phi) is 8.18. The van der Waals surface area contributed by atoms with Gasteiger partial charge in [0.25, 0.3) is 5.91 Å². The summed E-state index contributed by atoms with van der Waals surface area (Å²) in [5, 5.41) is 12.1. The van der Waals surface area contributed by atoms with E-state index in [9.17, 15) is 9.59 Å². The van der Waals surface area contributed by atoms with Crippen molar-refractivity contribution >= 4 is 23.2 Å². The maximum Gasteiger partial charge on any atom is 0.291 e. The number of aromatic amines is 1. The summed E-state index contributed by atoms with van der Waals surface area (Å²) >= 11 is 0. The lowest BCUT2D eigenvalue weighted by molar-refractivity contribution is -0.131. The van der Waals surface area contributed by atoms with Gasteiger partial charge in [0.2, 0.25) is 5.91 Å². The van der Waals surface area contributed by atoms with Crippen molar-refractivity contribution in [1.82, 2.24) is 19.8 Å². The predicted octanol–water partition coefficient (Wildman–Crippen LogP) is 3.95. The van der Waals surface area contributed by atoms with Crippen molar-refractivity contribution in [3.05, 3.63) is 41.5 Å². The summed E-state index contributed by atoms with van der Waals surface area (Å²) in [6.45, 7) is 13.5. The molecule has 0 unspecified atom stereocenters. The summed E-state index contributed by atoms with van der Waals surface area (Å²) in [5.41, 5.74) is 3.06. The monoisotopic (exact) mass is 505 g/mol. The molecule has 37 heavy (non-hydrogen) atoms. The van der Waals surface area contributed by atoms with Gasteiger partial charge in [0.1, 0.15) is 6.07 Å². The fourth-order valence-corrected chi connectivity index (χ4v) is 5.85. The Balaban J connectivity index is 1.67. The highest BCUT2D eigenvalue weighted by molar-refractivity contribution is 6.03. The van der Waals surface area contributed by atoms with Crippen LogP contribution in [0.5, 0.6) is 0 Å². The summed E-state index contributed by atoms with van der Waals surface area (Å²) in [5.74, 6) is 0.587. The third kappa shape index (κ3) is 5.49. The molecule has 3 heterocycles. The summed E-state index contributed by atoms with van der Waals surface area (Å²) in [7, 11) is 0. The molecule has 0 spiro atoms. The molecule has 2 aliphatic rings. The summed E-state index contributed by atoms with van der Waals surface area (Å²) in [6, 6.07) is 8.37. The van der Waals surface area contributed by atoms with Crippen molar-refractivity contribution in [2.24, 2.45) is 5.92 Å². The number of aromatic nitrogens is 2. The topological polar surface area (TPSA) is 108 Å². The van der Waals surface area contributed by atoms with Crippen LogP contribution >= 0.6 is 0 Å². The van der Waals surface area contributed by atoms with Crippen molar-refractivity contribution < 1.29 is 9.59 Å². The molecule has 4 rings (SSSR count). The molecule has 0 radical (unpaired) electrons. The second kappa shape index (κ2) is 11.3. The number of H-pyrrole nitrogens is 1. The Labute approximate surface area is 219 Å². The number of nitriles is 1. The molecule has 9 nitrogen and oxygen atoms in total. The highest BCUT2D eigenvalue weighted by Gasteiger charge is 2.38. The zero-order valence-electron chi connectivity index (χ0n) is 22.5. The summed E-state index contributed by atoms with van der Waals surface area (Å²) in [6.07, 6.45) is 5.57. The highest BCUT2D eigenvalue weighted by Crippen LogP contribution is 2.41. The van der Waals surface area contributed by atoms with Gasteiger partial charge in [0.15, 0.2) is 11.5 Å². The van der Waals surface area contributed by atoms with Crippen LogP contribution < -0.4 is 10.2 Å². The molecule has 1 aromatic heterocycles. The average Bonchev–Trinajstić information content (AvgIpc) is 3.41. The number of hydrogen-bond acceptors (Lipinski definition) is 6. The van der Waals surface area contributed by atoms with Gasteiger partial charge >= 0.3 is 0 Å². The van der Waals surface area contributed by atoms with E-state index >= 15 is 0 Å². The Bertz CT molecular complexity index is 1150. The number of piperazine rings is 1. The minimum atomic E-state index is -0.363. The van der Waals surface area contributed by atoms with E-state index in [2.05, 4.69) is 58.0 Å². The lowest BCUT2D eigenvalue weighted by Crippen LogP contribution is -2.56. The van der Waals surface area contributed by atoms with Gasteiger partial charge in [-0.2, -0.15) is 5.26 Å². The molecule has 0 saturated carbocycles. The highest BCUT2D eigenvalue weighted by atomic mass is 16.2. The third-order valence-corrected chi connectivity index (χ3v) is 8.32. The molecular weight excluding hydrogens is 466 g/mol. The number of amides is 2. The molecule has 1 aromatic carbocycles. The van der Waals surface area contributed by atoms with E-state index in [-0.39, 0.29) is 28.9 Å². The second-order valence-electron chi connectivity index (χ2n) is 10.3. The van der Waals surface area contributed by atoms with Gasteiger partial charge < -0.3 is 20.1 Å². The summed E-state index contributed by atoms with van der Waals surface area (Å²) < 4.78 is 0. The Morgan fingerprint density at radius 3 is 2.38 bits per heavy atom. The Morgan fingerprint density at radius 2 is 1.81 bits per heavy atom. The lowest BCUT2D eigenvalue weighted by atomic mass is 9.81. The minimum Gasteiger partial charge on any atom is -0.370 e. The summed E-state index contributed by atoms with van der Waals surface area (Å²) in [4.78, 5) is 38.6. The van der Waals surface area contributed by atoms with Crippen LogP contribution in [0.1, 0.15) is 75.3 Å². The number of nitrogens with one attached hydrogen (secondary N) is 2. The first kappa shape index (κ1) is 26.7. The van der Waals surface area contributed by atoms with E-state index in [0.29, 0.717) is 5.92 Å². The van der Waals surface area contributed by atoms with Gasteiger partial charge in [-0.25, -0.2) is 4.98 Å². The molecule has 0 aliphatic carbocycles. The van der Waals surface area contributed by atoms with Gasteiger partial charge in [-0.05, 0) is 49.3 Å². The molecule has 2 fully saturated rings. The average molecular weight is 506 g/mol. The lowest BCUT2D eigenvalue weighted by Gasteiger charge is -2.48. The second-order valence-corrected chi connectivity index (χ2v) is 10.3. The number of nitrogens with zero attached hydrogens (tertiary/aromatic N) is 5. The molecule has 2 N–H and O–H groups in total. The van der Waals surface area contributed by atoms with Crippen molar-refractivity contribution in [3.8, 4) is 6.07 Å². The van der Waals surface area contributed by atoms with Gasteiger partial charge in [0.05, 0.1) is 11.4 Å². The molecule has 0 atom stereocenters. The largest absolute Gasteiger partial charge is 0.370 e. The van der Waals surface area contributed by atoms with Gasteiger partial charge in [0, 0.05) is 57.9 Å². The van der Waals surface area contributed by atoms with Crippen molar-refractivity contribution in [1.29, 1.82) is 5.26 Å². The first-order valence-corrected chi connectivity index (χ1v) is 13.5. The number of carbonyl (C=O) groups is 2. The first-order chi connectivity index (χ1) is 17.8.